The van der Waals surface area contributed by atoms with E-state index in [4.69, 9.17) is 14.2 Å². The lowest BCUT2D eigenvalue weighted by Crippen LogP contribution is -2.62. The fourth-order valence-corrected chi connectivity index (χ4v) is 9.84. The Morgan fingerprint density at radius 1 is 0.984 bits per heavy atom. The highest BCUT2D eigenvalue weighted by atomic mass is 32.2. The number of hydrogen-bond acceptors (Lipinski definition) is 14. The molecule has 4 aliphatic rings. The van der Waals surface area contributed by atoms with Gasteiger partial charge in [-0.2, -0.15) is 0 Å². The Bertz CT molecular complexity index is 2780. The summed E-state index contributed by atoms with van der Waals surface area (Å²) >= 11 is 0. The highest BCUT2D eigenvalue weighted by Crippen LogP contribution is 2.45. The summed E-state index contributed by atoms with van der Waals surface area (Å²) in [4.78, 5) is 51.9. The van der Waals surface area contributed by atoms with Crippen LogP contribution in [0.4, 0.5) is 0 Å². The number of benzene rings is 3. The first-order valence-corrected chi connectivity index (χ1v) is 21.1. The lowest BCUT2D eigenvalue weighted by molar-refractivity contribution is -0.832. The van der Waals surface area contributed by atoms with E-state index in [9.17, 15) is 28.0 Å². The molecule has 2 saturated heterocycles. The van der Waals surface area contributed by atoms with Gasteiger partial charge in [0.1, 0.15) is 31.4 Å². The second-order valence-electron chi connectivity index (χ2n) is 15.1. The summed E-state index contributed by atoms with van der Waals surface area (Å²) < 4.78 is 48.8. The van der Waals surface area contributed by atoms with Crippen LogP contribution >= 0.6 is 0 Å². The standard InChI is InChI=1S/C40H38N10O10S/c51-34(46-14-12-45(13-15-46)16-17-57-38-40(50(54)60-43-38)61(55,56)27-6-2-1-3-7-27)23-48-21-26(42-44-48)20-47-22-35(52)49-31(39(47)53)19-29-28-8-4-5-9-30(28)41-36(29)37(49)25-10-11-32-33(18-25)59-24-58-32/h1-11,18,21,31,37,41H,12-17,19-20,22-24H2/t31-,37-/m1/s1. The van der Waals surface area contributed by atoms with E-state index in [1.54, 1.807) is 22.1 Å². The molecule has 6 aromatic rings. The molecule has 21 heteroatoms. The second-order valence-corrected chi connectivity index (χ2v) is 17.0. The van der Waals surface area contributed by atoms with E-state index in [2.05, 4.69) is 25.1 Å². The summed E-state index contributed by atoms with van der Waals surface area (Å²) in [5.74, 6) is 0.195. The molecule has 0 spiro atoms. The number of amides is 3. The van der Waals surface area contributed by atoms with Crippen LogP contribution in [0.5, 0.6) is 17.4 Å². The minimum Gasteiger partial charge on any atom is -0.454 e. The van der Waals surface area contributed by atoms with Crippen molar-refractivity contribution < 1.29 is 46.5 Å². The van der Waals surface area contributed by atoms with E-state index in [0.717, 1.165) is 27.7 Å². The van der Waals surface area contributed by atoms with Crippen molar-refractivity contribution >= 4 is 38.5 Å². The zero-order valence-corrected chi connectivity index (χ0v) is 33.3. The van der Waals surface area contributed by atoms with Gasteiger partial charge in [0.2, 0.25) is 24.5 Å². The Balaban J connectivity index is 0.753. The molecule has 2 fully saturated rings. The first-order valence-electron chi connectivity index (χ1n) is 19.6. The van der Waals surface area contributed by atoms with Crippen molar-refractivity contribution in [1.82, 2.24) is 44.7 Å². The molecule has 10 rings (SSSR count). The van der Waals surface area contributed by atoms with Crippen LogP contribution in [0.3, 0.4) is 0 Å². The van der Waals surface area contributed by atoms with E-state index in [1.807, 2.05) is 47.4 Å². The first kappa shape index (κ1) is 38.2. The van der Waals surface area contributed by atoms with E-state index in [0.29, 0.717) is 56.3 Å². The van der Waals surface area contributed by atoms with Crippen molar-refractivity contribution in [2.24, 2.45) is 0 Å². The monoisotopic (exact) mass is 850 g/mol. The number of para-hydroxylation sites is 1. The van der Waals surface area contributed by atoms with Gasteiger partial charge in [-0.05, 0) is 46.4 Å². The number of sulfone groups is 1. The van der Waals surface area contributed by atoms with Gasteiger partial charge in [-0.25, -0.2) is 13.1 Å². The molecule has 2 atom stereocenters. The van der Waals surface area contributed by atoms with Crippen LogP contribution < -0.4 is 19.1 Å². The highest BCUT2D eigenvalue weighted by molar-refractivity contribution is 7.91. The van der Waals surface area contributed by atoms with Crippen molar-refractivity contribution in [1.29, 1.82) is 0 Å². The molecule has 0 radical (unpaired) electrons. The molecule has 0 aliphatic carbocycles. The van der Waals surface area contributed by atoms with E-state index < -0.39 is 32.8 Å². The average molecular weight is 851 g/mol. The number of nitrogens with one attached hydrogen (secondary N) is 1. The van der Waals surface area contributed by atoms with Gasteiger partial charge in [0, 0.05) is 55.7 Å². The maximum absolute atomic E-state index is 14.3. The van der Waals surface area contributed by atoms with Crippen molar-refractivity contribution in [2.45, 2.75) is 41.5 Å². The predicted octanol–water partition coefficient (Wildman–Crippen LogP) is 1.05. The van der Waals surface area contributed by atoms with Crippen LogP contribution in [0.25, 0.3) is 10.9 Å². The van der Waals surface area contributed by atoms with Crippen molar-refractivity contribution in [3.8, 4) is 17.4 Å². The fraction of sp³-hybridized carbons (Fsp3) is 0.325. The van der Waals surface area contributed by atoms with Crippen molar-refractivity contribution in [3.63, 3.8) is 0 Å². The van der Waals surface area contributed by atoms with Gasteiger partial charge < -0.3 is 39.1 Å². The third-order valence-corrected chi connectivity index (χ3v) is 13.2. The zero-order valence-electron chi connectivity index (χ0n) is 32.5. The molecular formula is C40H38N10O10S. The lowest BCUT2D eigenvalue weighted by atomic mass is 9.86. The molecule has 0 bridgehead atoms. The third kappa shape index (κ3) is 6.93. The SMILES string of the molecule is O=C(Cn1cc(CN2CC(=O)N3[C@H](c4ccc5c(c4)OCO5)c4[nH]c5ccccc5c4C[C@@H]3C2=O)nn1)N1CCN(CCOc2no[n+]([O-])c2S(=O)(=O)c2ccccc2)CC1. The largest absolute Gasteiger partial charge is 0.454 e. The average Bonchev–Trinajstić information content (AvgIpc) is 4.09. The summed E-state index contributed by atoms with van der Waals surface area (Å²) in [5.41, 5.74) is 4.01. The number of fused-ring (bicyclic) bond motifs is 5. The molecule has 3 aromatic carbocycles. The van der Waals surface area contributed by atoms with Crippen LogP contribution in [0.15, 0.2) is 93.5 Å². The fourth-order valence-electron chi connectivity index (χ4n) is 8.54. The Hall–Kier alpha value is -7.00. The smallest absolute Gasteiger partial charge is 0.415 e. The minimum absolute atomic E-state index is 0.0218. The number of aromatic amines is 1. The molecule has 7 heterocycles. The van der Waals surface area contributed by atoms with Gasteiger partial charge in [0.25, 0.3) is 9.84 Å². The van der Waals surface area contributed by atoms with Crippen LogP contribution in [0, 0.1) is 5.21 Å². The topological polar surface area (TPSA) is 225 Å². The molecule has 314 valence electrons. The van der Waals surface area contributed by atoms with Gasteiger partial charge in [-0.1, -0.05) is 47.7 Å². The molecule has 1 N–H and O–H groups in total. The molecule has 4 aliphatic heterocycles. The second kappa shape index (κ2) is 15.2. The van der Waals surface area contributed by atoms with Gasteiger partial charge in [0.15, 0.2) is 11.5 Å². The summed E-state index contributed by atoms with van der Waals surface area (Å²) in [6, 6.07) is 19.6. The highest BCUT2D eigenvalue weighted by Gasteiger charge is 2.48. The minimum atomic E-state index is -4.24. The zero-order chi connectivity index (χ0) is 41.8. The summed E-state index contributed by atoms with van der Waals surface area (Å²) in [6.07, 6.45) is 1.96. The van der Waals surface area contributed by atoms with Crippen molar-refractivity contribution in [3.05, 3.63) is 107 Å². The van der Waals surface area contributed by atoms with Crippen LogP contribution in [-0.2, 0) is 43.7 Å². The van der Waals surface area contributed by atoms with E-state index in [-0.39, 0.29) is 60.6 Å². The Labute approximate surface area is 347 Å². The number of H-pyrrole nitrogens is 1. The molecule has 3 aromatic heterocycles. The number of hydrogen-bond donors (Lipinski definition) is 1. The maximum atomic E-state index is 14.3. The molecule has 3 amide bonds. The number of carbonyl (C=O) groups excluding carboxylic acids is 3. The quantitative estimate of drug-likeness (QED) is 0.180. The van der Waals surface area contributed by atoms with Crippen molar-refractivity contribution in [2.75, 3.05) is 52.7 Å². The van der Waals surface area contributed by atoms with E-state index in [1.165, 1.54) is 33.8 Å². The number of rotatable bonds is 11. The molecule has 0 saturated carbocycles. The van der Waals surface area contributed by atoms with Crippen LogP contribution in [0.1, 0.15) is 28.6 Å². The molecule has 61 heavy (non-hydrogen) atoms. The summed E-state index contributed by atoms with van der Waals surface area (Å²) in [7, 11) is -4.24. The first-order chi connectivity index (χ1) is 29.6. The summed E-state index contributed by atoms with van der Waals surface area (Å²) in [6.45, 7) is 2.22. The molecular weight excluding hydrogens is 813 g/mol. The Morgan fingerprint density at radius 3 is 2.61 bits per heavy atom. The van der Waals surface area contributed by atoms with E-state index >= 15 is 0 Å². The number of carbonyl (C=O) groups is 3. The van der Waals surface area contributed by atoms with Gasteiger partial charge in [0.05, 0.1) is 28.8 Å². The van der Waals surface area contributed by atoms with Crippen LogP contribution in [0.2, 0.25) is 0 Å². The molecule has 0 unspecified atom stereocenters. The summed E-state index contributed by atoms with van der Waals surface area (Å²) in [5, 5.41) is 24.4. The van der Waals surface area contributed by atoms with Gasteiger partial charge >= 0.3 is 10.9 Å². The van der Waals surface area contributed by atoms with Gasteiger partial charge in [-0.15, -0.1) is 5.10 Å². The van der Waals surface area contributed by atoms with Crippen LogP contribution in [-0.4, -0.2) is 130 Å². The van der Waals surface area contributed by atoms with Gasteiger partial charge in [-0.3, -0.25) is 23.9 Å². The third-order valence-electron chi connectivity index (χ3n) is 11.5. The normalized spacial score (nSPS) is 19.0. The number of piperazine rings is 2. The Kier molecular flexibility index (Phi) is 9.54. The lowest BCUT2D eigenvalue weighted by Gasteiger charge is -2.47. The Morgan fingerprint density at radius 2 is 1.77 bits per heavy atom. The number of aromatic nitrogens is 6. The maximum Gasteiger partial charge on any atom is 0.415 e. The number of ether oxygens (including phenoxy) is 3. The predicted molar refractivity (Wildman–Crippen MR) is 208 cm³/mol. The number of nitrogens with zero attached hydrogens (tertiary/aromatic N) is 9. The molecule has 20 nitrogen and oxygen atoms in total.